The van der Waals surface area contributed by atoms with Crippen molar-refractivity contribution in [1.29, 1.82) is 0 Å². The summed E-state index contributed by atoms with van der Waals surface area (Å²) in [5.41, 5.74) is -1.43. The summed E-state index contributed by atoms with van der Waals surface area (Å²) in [6.07, 6.45) is -3.41. The molecule has 0 amide bonds. The second kappa shape index (κ2) is 11.9. The van der Waals surface area contributed by atoms with E-state index in [4.69, 9.17) is 35.2 Å². The molecule has 1 aliphatic heterocycles. The average Bonchev–Trinajstić information content (AvgIpc) is 3.06. The van der Waals surface area contributed by atoms with Crippen LogP contribution in [0.4, 0.5) is 0 Å². The predicted molar refractivity (Wildman–Crippen MR) is 134 cm³/mol. The Balaban J connectivity index is 1.79. The number of carbonyl (C=O) groups is 1. The van der Waals surface area contributed by atoms with Crippen LogP contribution in [0.1, 0.15) is 20.1 Å². The van der Waals surface area contributed by atoms with Crippen LogP contribution < -0.4 is 20.9 Å². The van der Waals surface area contributed by atoms with Crippen molar-refractivity contribution in [3.05, 3.63) is 63.4 Å². The molecular formula is C21H28BClN3O10P. The topological polar surface area (TPSA) is 178 Å². The Bertz CT molecular complexity index is 1240. The van der Waals surface area contributed by atoms with Crippen LogP contribution in [0, 0.1) is 0 Å². The van der Waals surface area contributed by atoms with Gasteiger partial charge >= 0.3 is 19.4 Å². The fourth-order valence-corrected chi connectivity index (χ4v) is 5.27. The van der Waals surface area contributed by atoms with Crippen molar-refractivity contribution in [2.75, 3.05) is 13.2 Å². The number of nitrogens with zero attached hydrogens (tertiary/aromatic N) is 1. The number of rotatable bonds is 11. The lowest BCUT2D eigenvalue weighted by Crippen LogP contribution is -2.45. The van der Waals surface area contributed by atoms with Crippen molar-refractivity contribution in [1.82, 2.24) is 14.6 Å². The maximum atomic E-state index is 13.6. The summed E-state index contributed by atoms with van der Waals surface area (Å²) in [4.78, 5) is 38.1. The minimum absolute atomic E-state index is 0.162. The fraction of sp³-hybridized carbons (Fsp3) is 0.476. The first kappa shape index (κ1) is 29.1. The quantitative estimate of drug-likeness (QED) is 0.120. The van der Waals surface area contributed by atoms with E-state index in [9.17, 15) is 24.1 Å². The maximum Gasteiger partial charge on any atom is 0.459 e. The van der Waals surface area contributed by atoms with E-state index < -0.39 is 73.5 Å². The normalized spacial score (nSPS) is 26.7. The number of alkyl halides is 1. The number of aromatic nitrogens is 2. The number of H-pyrrole nitrogens is 1. The van der Waals surface area contributed by atoms with Crippen LogP contribution in [0.15, 0.2) is 52.2 Å². The lowest BCUT2D eigenvalue weighted by molar-refractivity contribution is -0.151. The van der Waals surface area contributed by atoms with Gasteiger partial charge in [-0.2, -0.15) is 5.09 Å². The van der Waals surface area contributed by atoms with Gasteiger partial charge in [-0.3, -0.25) is 23.7 Å². The lowest BCUT2D eigenvalue weighted by atomic mass is 9.79. The maximum absolute atomic E-state index is 13.6. The van der Waals surface area contributed by atoms with Gasteiger partial charge in [-0.05, 0) is 26.0 Å². The van der Waals surface area contributed by atoms with Crippen molar-refractivity contribution >= 4 is 33.2 Å². The number of hydrogen-bond acceptors (Lipinski definition) is 10. The van der Waals surface area contributed by atoms with Gasteiger partial charge in [0.05, 0.1) is 24.1 Å². The summed E-state index contributed by atoms with van der Waals surface area (Å²) in [5, 5.41) is 22.4. The van der Waals surface area contributed by atoms with Gasteiger partial charge in [0.1, 0.15) is 31.8 Å². The zero-order valence-corrected chi connectivity index (χ0v) is 21.9. The molecule has 2 aromatic rings. The SMILES string of the molecule is B[C@]1(Cl)[C@H](O)[C@@H](COP(=O)(N[C@@H](C)C(=O)OC(C)CO)Oc2ccccc2)O[C@H]1n1ccc(=O)[nH]c1=O. The van der Waals surface area contributed by atoms with Crippen LogP contribution in [-0.4, -0.2) is 75.9 Å². The molecule has 2 heterocycles. The van der Waals surface area contributed by atoms with Crippen LogP contribution in [-0.2, 0) is 23.4 Å². The predicted octanol–water partition coefficient (Wildman–Crippen LogP) is -0.531. The van der Waals surface area contributed by atoms with Gasteiger partial charge in [-0.25, -0.2) is 9.36 Å². The third kappa shape index (κ3) is 7.11. The molecule has 37 heavy (non-hydrogen) atoms. The summed E-state index contributed by atoms with van der Waals surface area (Å²) in [5.74, 6) is -0.652. The molecule has 202 valence electrons. The molecular weight excluding hydrogens is 531 g/mol. The van der Waals surface area contributed by atoms with Crippen LogP contribution in [0.5, 0.6) is 5.75 Å². The first-order chi connectivity index (χ1) is 17.4. The van der Waals surface area contributed by atoms with Gasteiger partial charge in [0.25, 0.3) is 5.56 Å². The largest absolute Gasteiger partial charge is 0.459 e. The molecule has 3 rings (SSSR count). The molecule has 0 bridgehead atoms. The number of carbonyl (C=O) groups excluding carboxylic acids is 1. The second-order valence-electron chi connectivity index (χ2n) is 8.62. The standard InChI is InChI=1S/C21H28BClN3O10P/c1-12(10-27)34-18(30)13(2)25-37(32,36-14-6-4-3-5-7-14)33-11-15-17(29)21(22,23)19(35-15)26-9-8-16(28)24-20(26)31/h3-9,12-13,15,17,19,27,29H,10-11,22H2,1-2H3,(H,25,32)(H,24,28,31)/t12?,13-,15+,17+,19+,21-,37?/m0/s1. The number of nitrogens with one attached hydrogen (secondary N) is 2. The summed E-state index contributed by atoms with van der Waals surface area (Å²) in [6.45, 7) is 1.92. The highest BCUT2D eigenvalue weighted by atomic mass is 35.5. The van der Waals surface area contributed by atoms with Crippen LogP contribution in [0.25, 0.3) is 0 Å². The summed E-state index contributed by atoms with van der Waals surface area (Å²) in [7, 11) is -2.86. The number of aromatic amines is 1. The monoisotopic (exact) mass is 559 g/mol. The van der Waals surface area contributed by atoms with Crippen molar-refractivity contribution in [3.8, 4) is 5.75 Å². The first-order valence-electron chi connectivity index (χ1n) is 11.3. The molecule has 1 aliphatic rings. The van der Waals surface area contributed by atoms with E-state index in [1.165, 1.54) is 40.0 Å². The smallest absolute Gasteiger partial charge is 0.459 e. The highest BCUT2D eigenvalue weighted by molar-refractivity contribution is 7.52. The van der Waals surface area contributed by atoms with Crippen LogP contribution in [0.2, 0.25) is 0 Å². The Morgan fingerprint density at radius 1 is 1.32 bits per heavy atom. The van der Waals surface area contributed by atoms with E-state index in [1.54, 1.807) is 18.2 Å². The van der Waals surface area contributed by atoms with Gasteiger partial charge < -0.3 is 24.2 Å². The Labute approximate surface area is 217 Å². The molecule has 1 saturated heterocycles. The number of aliphatic hydroxyl groups is 2. The molecule has 1 aromatic carbocycles. The minimum atomic E-state index is -4.30. The number of ether oxygens (including phenoxy) is 2. The molecule has 0 saturated carbocycles. The number of benzene rings is 1. The number of halogens is 1. The van der Waals surface area contributed by atoms with Gasteiger partial charge in [0.2, 0.25) is 0 Å². The van der Waals surface area contributed by atoms with Gasteiger partial charge in [-0.1, -0.05) is 18.2 Å². The molecule has 7 atom stereocenters. The highest BCUT2D eigenvalue weighted by Crippen LogP contribution is 2.47. The van der Waals surface area contributed by atoms with E-state index in [-0.39, 0.29) is 5.75 Å². The van der Waals surface area contributed by atoms with Gasteiger partial charge in [0.15, 0.2) is 6.23 Å². The van der Waals surface area contributed by atoms with Crippen molar-refractivity contribution in [3.63, 3.8) is 0 Å². The number of hydrogen-bond donors (Lipinski definition) is 4. The first-order valence-corrected chi connectivity index (χ1v) is 13.2. The summed E-state index contributed by atoms with van der Waals surface area (Å²) in [6, 6.07) is 7.94. The molecule has 0 aliphatic carbocycles. The Morgan fingerprint density at radius 2 is 2.00 bits per heavy atom. The molecule has 4 N–H and O–H groups in total. The van der Waals surface area contributed by atoms with Crippen molar-refractivity contribution < 1.29 is 38.1 Å². The molecule has 1 aromatic heterocycles. The van der Waals surface area contributed by atoms with E-state index >= 15 is 0 Å². The summed E-state index contributed by atoms with van der Waals surface area (Å²) < 4.78 is 35.0. The Hall–Kier alpha value is -2.45. The highest BCUT2D eigenvalue weighted by Gasteiger charge is 2.53. The van der Waals surface area contributed by atoms with Crippen LogP contribution >= 0.6 is 19.3 Å². The van der Waals surface area contributed by atoms with E-state index in [0.29, 0.717) is 0 Å². The number of esters is 1. The Kier molecular flexibility index (Phi) is 9.40. The van der Waals surface area contributed by atoms with Gasteiger partial charge in [-0.15, -0.1) is 11.6 Å². The molecule has 1 fully saturated rings. The molecule has 0 spiro atoms. The average molecular weight is 560 g/mol. The third-order valence-corrected chi connectivity index (χ3v) is 7.53. The second-order valence-corrected chi connectivity index (χ2v) is 11.1. The fourth-order valence-electron chi connectivity index (χ4n) is 3.47. The van der Waals surface area contributed by atoms with E-state index in [2.05, 4.69) is 10.1 Å². The third-order valence-electron chi connectivity index (χ3n) is 5.48. The van der Waals surface area contributed by atoms with Crippen molar-refractivity contribution in [2.45, 2.75) is 49.2 Å². The lowest BCUT2D eigenvalue weighted by Gasteiger charge is -2.26. The minimum Gasteiger partial charge on any atom is -0.459 e. The molecule has 16 heteroatoms. The van der Waals surface area contributed by atoms with E-state index in [0.717, 1.165) is 10.6 Å². The molecule has 2 unspecified atom stereocenters. The zero-order chi connectivity index (χ0) is 27.4. The molecule has 0 radical (unpaired) electrons. The number of para-hydroxylation sites is 1. The van der Waals surface area contributed by atoms with Crippen LogP contribution in [0.3, 0.4) is 0 Å². The summed E-state index contributed by atoms with van der Waals surface area (Å²) >= 11 is 6.51. The Morgan fingerprint density at radius 3 is 2.62 bits per heavy atom. The molecule has 13 nitrogen and oxygen atoms in total. The van der Waals surface area contributed by atoms with Gasteiger partial charge in [0, 0.05) is 12.3 Å². The van der Waals surface area contributed by atoms with Crippen molar-refractivity contribution in [2.24, 2.45) is 0 Å². The zero-order valence-electron chi connectivity index (χ0n) is 20.3. The number of aliphatic hydroxyl groups excluding tert-OH is 2. The van der Waals surface area contributed by atoms with E-state index in [1.807, 2.05) is 0 Å².